The quantitative estimate of drug-likeness (QED) is 0.223. The van der Waals surface area contributed by atoms with E-state index >= 15 is 0 Å². The van der Waals surface area contributed by atoms with Gasteiger partial charge in [0.25, 0.3) is 11.8 Å². The number of nitrogens with zero attached hydrogens (tertiary/aromatic N) is 5. The van der Waals surface area contributed by atoms with Gasteiger partial charge in [-0.15, -0.1) is 16.4 Å². The molecule has 0 atom stereocenters. The summed E-state index contributed by atoms with van der Waals surface area (Å²) in [5, 5.41) is 23.5. The lowest BCUT2D eigenvalue weighted by Crippen LogP contribution is -2.17. The summed E-state index contributed by atoms with van der Waals surface area (Å²) in [6.45, 7) is 3.83. The molecule has 4 rings (SSSR count). The first-order valence-electron chi connectivity index (χ1n) is 9.92. The minimum Gasteiger partial charge on any atom is -0.365 e. The van der Waals surface area contributed by atoms with Crippen molar-refractivity contribution in [3.05, 3.63) is 48.8 Å². The lowest BCUT2D eigenvalue weighted by Gasteiger charge is -2.11. The number of rotatable bonds is 6. The van der Waals surface area contributed by atoms with E-state index in [1.165, 1.54) is 10.9 Å². The molecule has 0 unspecified atom stereocenters. The van der Waals surface area contributed by atoms with Gasteiger partial charge in [0.15, 0.2) is 5.69 Å². The number of aryl methyl sites for hydroxylation is 2. The summed E-state index contributed by atoms with van der Waals surface area (Å²) in [7, 11) is 0. The van der Waals surface area contributed by atoms with E-state index in [1.54, 1.807) is 13.8 Å². The van der Waals surface area contributed by atoms with Crippen LogP contribution < -0.4 is 11.1 Å². The Bertz CT molecular complexity index is 1560. The molecule has 4 aromatic rings. The standard InChI is InChI=1S/C19H14BrF3N8O4S/c1-3-30-5-8(6(2)29-30)7-4-9(19(21,22)23)25-18-10(7)12(14(36-18)15(24)32)26-17(33)13-11(20)16(28-27-13)31(34)35/h4-5H,3H2,1-2H3,(H2,24,32)(H,26,33)(H,27,28). The van der Waals surface area contributed by atoms with Gasteiger partial charge in [0.2, 0.25) is 0 Å². The molecule has 4 heterocycles. The van der Waals surface area contributed by atoms with Crippen LogP contribution in [-0.4, -0.2) is 41.7 Å². The van der Waals surface area contributed by atoms with Crippen LogP contribution in [0.5, 0.6) is 0 Å². The largest absolute Gasteiger partial charge is 0.433 e. The topological polar surface area (TPSA) is 175 Å². The molecular weight excluding hydrogens is 573 g/mol. The number of nitro groups is 1. The zero-order valence-electron chi connectivity index (χ0n) is 18.2. The summed E-state index contributed by atoms with van der Waals surface area (Å²) >= 11 is 3.49. The molecule has 0 aliphatic carbocycles. The van der Waals surface area contributed by atoms with Gasteiger partial charge in [-0.3, -0.25) is 14.3 Å². The average Bonchev–Trinajstić information content (AvgIpc) is 3.47. The molecule has 2 amide bonds. The molecule has 0 aliphatic rings. The lowest BCUT2D eigenvalue weighted by molar-refractivity contribution is -0.390. The number of nitrogens with two attached hydrogens (primary N) is 1. The molecule has 0 radical (unpaired) electrons. The van der Waals surface area contributed by atoms with E-state index in [1.807, 2.05) is 0 Å². The summed E-state index contributed by atoms with van der Waals surface area (Å²) in [6, 6.07) is 0.800. The van der Waals surface area contributed by atoms with Crippen LogP contribution in [0.3, 0.4) is 0 Å². The lowest BCUT2D eigenvalue weighted by atomic mass is 10.0. The van der Waals surface area contributed by atoms with Crippen LogP contribution in [0.15, 0.2) is 16.7 Å². The third-order valence-electron chi connectivity index (χ3n) is 5.06. The monoisotopic (exact) mass is 586 g/mol. The Morgan fingerprint density at radius 1 is 1.36 bits per heavy atom. The van der Waals surface area contributed by atoms with E-state index in [0.717, 1.165) is 6.07 Å². The molecular formula is C19H14BrF3N8O4S. The minimum absolute atomic E-state index is 0.00986. The maximum atomic E-state index is 13.7. The number of H-pyrrole nitrogens is 1. The van der Waals surface area contributed by atoms with Crippen LogP contribution in [0.2, 0.25) is 0 Å². The third kappa shape index (κ3) is 4.30. The number of amides is 2. The Kier molecular flexibility index (Phi) is 6.29. The van der Waals surface area contributed by atoms with E-state index in [4.69, 9.17) is 5.73 Å². The normalized spacial score (nSPS) is 11.7. The number of hydrogen-bond donors (Lipinski definition) is 3. The molecule has 0 aliphatic heterocycles. The second-order valence-electron chi connectivity index (χ2n) is 7.33. The SMILES string of the molecule is CCn1cc(-c2cc(C(F)(F)F)nc3sc(C(N)=O)c(NC(=O)c4n[nH]c([N+](=O)[O-])c4Br)c23)c(C)n1. The number of thiophene rings is 1. The van der Waals surface area contributed by atoms with Gasteiger partial charge < -0.3 is 21.2 Å². The molecule has 4 N–H and O–H groups in total. The number of fused-ring (bicyclic) bond motifs is 1. The number of carbonyl (C=O) groups is 2. The third-order valence-corrected chi connectivity index (χ3v) is 6.91. The molecule has 12 nitrogen and oxygen atoms in total. The van der Waals surface area contributed by atoms with Gasteiger partial charge in [-0.05, 0) is 46.3 Å². The number of aromatic amines is 1. The first-order valence-corrected chi connectivity index (χ1v) is 11.5. The van der Waals surface area contributed by atoms with Crippen molar-refractivity contribution in [2.24, 2.45) is 5.73 Å². The Morgan fingerprint density at radius 2 is 2.06 bits per heavy atom. The van der Waals surface area contributed by atoms with Crippen molar-refractivity contribution in [3.63, 3.8) is 0 Å². The summed E-state index contributed by atoms with van der Waals surface area (Å²) in [5.41, 5.74) is 4.35. The highest BCUT2D eigenvalue weighted by molar-refractivity contribution is 9.10. The summed E-state index contributed by atoms with van der Waals surface area (Å²) in [6.07, 6.45) is -3.28. The van der Waals surface area contributed by atoms with Crippen molar-refractivity contribution < 1.29 is 27.7 Å². The van der Waals surface area contributed by atoms with E-state index in [-0.39, 0.29) is 30.8 Å². The Hall–Kier alpha value is -3.86. The summed E-state index contributed by atoms with van der Waals surface area (Å²) in [4.78, 5) is 38.6. The van der Waals surface area contributed by atoms with Gasteiger partial charge in [-0.25, -0.2) is 4.98 Å². The highest BCUT2D eigenvalue weighted by atomic mass is 79.9. The van der Waals surface area contributed by atoms with Crippen LogP contribution in [0, 0.1) is 17.0 Å². The molecule has 0 aromatic carbocycles. The number of primary amides is 1. The first-order chi connectivity index (χ1) is 16.8. The Morgan fingerprint density at radius 3 is 2.58 bits per heavy atom. The highest BCUT2D eigenvalue weighted by Crippen LogP contribution is 2.44. The summed E-state index contributed by atoms with van der Waals surface area (Å²) < 4.78 is 42.3. The maximum Gasteiger partial charge on any atom is 0.433 e. The van der Waals surface area contributed by atoms with Crippen LogP contribution in [0.25, 0.3) is 21.3 Å². The van der Waals surface area contributed by atoms with E-state index in [0.29, 0.717) is 29.1 Å². The second kappa shape index (κ2) is 8.98. The molecule has 0 saturated carbocycles. The predicted octanol–water partition coefficient (Wildman–Crippen LogP) is 4.25. The van der Waals surface area contributed by atoms with Gasteiger partial charge >= 0.3 is 12.0 Å². The van der Waals surface area contributed by atoms with Crippen LogP contribution in [0.1, 0.15) is 38.5 Å². The number of nitrogens with one attached hydrogen (secondary N) is 2. The number of aromatic nitrogens is 5. The number of pyridine rings is 1. The van der Waals surface area contributed by atoms with Gasteiger partial charge in [0, 0.05) is 23.7 Å². The van der Waals surface area contributed by atoms with Crippen LogP contribution in [0.4, 0.5) is 24.7 Å². The van der Waals surface area contributed by atoms with E-state index < -0.39 is 40.1 Å². The average molecular weight is 587 g/mol. The molecule has 188 valence electrons. The fourth-order valence-electron chi connectivity index (χ4n) is 3.46. The van der Waals surface area contributed by atoms with Crippen molar-refractivity contribution in [1.82, 2.24) is 25.0 Å². The predicted molar refractivity (Wildman–Crippen MR) is 126 cm³/mol. The second-order valence-corrected chi connectivity index (χ2v) is 9.13. The molecule has 17 heteroatoms. The summed E-state index contributed by atoms with van der Waals surface area (Å²) in [5.74, 6) is -2.61. The number of anilines is 1. The van der Waals surface area contributed by atoms with Gasteiger partial charge in [0.05, 0.1) is 11.4 Å². The van der Waals surface area contributed by atoms with Crippen molar-refractivity contribution in [2.75, 3.05) is 5.32 Å². The molecule has 4 aromatic heterocycles. The van der Waals surface area contributed by atoms with Crippen molar-refractivity contribution >= 4 is 60.8 Å². The zero-order chi connectivity index (χ0) is 26.5. The minimum atomic E-state index is -4.81. The Balaban J connectivity index is 1.99. The number of alkyl halides is 3. The first kappa shape index (κ1) is 25.2. The van der Waals surface area contributed by atoms with Crippen LogP contribution >= 0.6 is 27.3 Å². The fourth-order valence-corrected chi connectivity index (χ4v) is 4.97. The molecule has 0 fully saturated rings. The molecule has 0 saturated heterocycles. The van der Waals surface area contributed by atoms with Gasteiger partial charge in [-0.2, -0.15) is 18.3 Å². The number of hydrogen-bond acceptors (Lipinski definition) is 8. The molecule has 0 bridgehead atoms. The smallest absolute Gasteiger partial charge is 0.365 e. The maximum absolute atomic E-state index is 13.7. The fraction of sp³-hybridized carbons (Fsp3) is 0.211. The van der Waals surface area contributed by atoms with Crippen molar-refractivity contribution in [1.29, 1.82) is 0 Å². The number of carbonyl (C=O) groups excluding carboxylic acids is 2. The van der Waals surface area contributed by atoms with Crippen LogP contribution in [-0.2, 0) is 12.7 Å². The van der Waals surface area contributed by atoms with Crippen molar-refractivity contribution in [3.8, 4) is 11.1 Å². The van der Waals surface area contributed by atoms with Gasteiger partial charge in [-0.1, -0.05) is 5.10 Å². The zero-order valence-corrected chi connectivity index (χ0v) is 20.6. The highest BCUT2D eigenvalue weighted by Gasteiger charge is 2.36. The van der Waals surface area contributed by atoms with E-state index in [9.17, 15) is 32.9 Å². The number of halogens is 4. The van der Waals surface area contributed by atoms with Gasteiger partial charge in [0.1, 0.15) is 19.9 Å². The molecule has 0 spiro atoms. The van der Waals surface area contributed by atoms with Crippen molar-refractivity contribution in [2.45, 2.75) is 26.6 Å². The Labute approximate surface area is 211 Å². The van der Waals surface area contributed by atoms with E-state index in [2.05, 4.69) is 41.5 Å². The molecule has 36 heavy (non-hydrogen) atoms.